The Labute approximate surface area is 98.7 Å². The van der Waals surface area contributed by atoms with Crippen LogP contribution in [0.5, 0.6) is 0 Å². The van der Waals surface area contributed by atoms with E-state index >= 15 is 0 Å². The predicted molar refractivity (Wildman–Crippen MR) is 65.7 cm³/mol. The first kappa shape index (κ1) is 10.2. The molecule has 3 rings (SSSR count). The molecule has 0 amide bonds. The van der Waals surface area contributed by atoms with Crippen molar-refractivity contribution in [1.82, 2.24) is 4.98 Å². The van der Waals surface area contributed by atoms with Crippen LogP contribution in [-0.2, 0) is 5.60 Å². The van der Waals surface area contributed by atoms with Gasteiger partial charge in [0.2, 0.25) is 0 Å². The van der Waals surface area contributed by atoms with E-state index in [9.17, 15) is 5.11 Å². The van der Waals surface area contributed by atoms with Gasteiger partial charge in [-0.15, -0.1) is 0 Å². The fourth-order valence-electron chi connectivity index (χ4n) is 2.06. The summed E-state index contributed by atoms with van der Waals surface area (Å²) in [6.45, 7) is 1.77. The Bertz CT molecular complexity index is 635. The lowest BCUT2D eigenvalue weighted by molar-refractivity contribution is 0.102. The minimum atomic E-state index is -1.03. The van der Waals surface area contributed by atoms with Crippen molar-refractivity contribution >= 4 is 10.9 Å². The van der Waals surface area contributed by atoms with Crippen molar-refractivity contribution in [2.45, 2.75) is 12.5 Å². The van der Waals surface area contributed by atoms with Gasteiger partial charge in [0.1, 0.15) is 5.60 Å². The molecule has 2 heterocycles. The van der Waals surface area contributed by atoms with Crippen LogP contribution in [0.25, 0.3) is 10.9 Å². The van der Waals surface area contributed by atoms with Crippen LogP contribution in [0.4, 0.5) is 0 Å². The van der Waals surface area contributed by atoms with Gasteiger partial charge in [-0.2, -0.15) is 0 Å². The standard InChI is InChI=1S/C14H13NO2/c1-14(16,12-5-7-17-9-12)11-2-3-13-10(8-11)4-6-15-13/h2-9,15-16H,1H3. The van der Waals surface area contributed by atoms with E-state index < -0.39 is 5.60 Å². The molecule has 0 saturated heterocycles. The molecule has 3 heteroatoms. The van der Waals surface area contributed by atoms with Gasteiger partial charge in [-0.3, -0.25) is 0 Å². The lowest BCUT2D eigenvalue weighted by Gasteiger charge is -2.22. The number of H-pyrrole nitrogens is 1. The molecule has 2 N–H and O–H groups in total. The van der Waals surface area contributed by atoms with Crippen molar-refractivity contribution in [1.29, 1.82) is 0 Å². The Kier molecular flexibility index (Phi) is 2.09. The van der Waals surface area contributed by atoms with Crippen molar-refractivity contribution in [3.05, 3.63) is 60.2 Å². The number of aromatic nitrogens is 1. The summed E-state index contributed by atoms with van der Waals surface area (Å²) >= 11 is 0. The second-order valence-corrected chi connectivity index (χ2v) is 4.36. The molecule has 0 aliphatic heterocycles. The predicted octanol–water partition coefficient (Wildman–Crippen LogP) is 3.02. The second kappa shape index (κ2) is 3.50. The van der Waals surface area contributed by atoms with Crippen molar-refractivity contribution < 1.29 is 9.52 Å². The Balaban J connectivity index is 2.14. The highest BCUT2D eigenvalue weighted by Gasteiger charge is 2.26. The molecule has 0 aliphatic rings. The normalized spacial score (nSPS) is 14.9. The van der Waals surface area contributed by atoms with Crippen molar-refractivity contribution in [2.24, 2.45) is 0 Å². The first-order valence-corrected chi connectivity index (χ1v) is 5.50. The first-order valence-electron chi connectivity index (χ1n) is 5.50. The topological polar surface area (TPSA) is 49.2 Å². The zero-order valence-electron chi connectivity index (χ0n) is 9.47. The molecule has 1 atom stereocenters. The van der Waals surface area contributed by atoms with E-state index in [4.69, 9.17) is 4.42 Å². The van der Waals surface area contributed by atoms with Crippen LogP contribution in [0.1, 0.15) is 18.1 Å². The molecule has 3 aromatic rings. The maximum atomic E-state index is 10.6. The Morgan fingerprint density at radius 2 is 2.06 bits per heavy atom. The van der Waals surface area contributed by atoms with E-state index in [2.05, 4.69) is 4.98 Å². The fraction of sp³-hybridized carbons (Fsp3) is 0.143. The number of benzene rings is 1. The summed E-state index contributed by atoms with van der Waals surface area (Å²) in [6.07, 6.45) is 5.03. The van der Waals surface area contributed by atoms with E-state index in [1.165, 1.54) is 0 Å². The third-order valence-electron chi connectivity index (χ3n) is 3.20. The summed E-state index contributed by atoms with van der Waals surface area (Å²) < 4.78 is 5.03. The smallest absolute Gasteiger partial charge is 0.115 e. The van der Waals surface area contributed by atoms with Gasteiger partial charge < -0.3 is 14.5 Å². The second-order valence-electron chi connectivity index (χ2n) is 4.36. The summed E-state index contributed by atoms with van der Waals surface area (Å²) in [5.74, 6) is 0. The molecule has 86 valence electrons. The molecule has 0 saturated carbocycles. The van der Waals surface area contributed by atoms with Crippen LogP contribution in [0.3, 0.4) is 0 Å². The number of furan rings is 1. The van der Waals surface area contributed by atoms with Crippen molar-refractivity contribution in [3.8, 4) is 0 Å². The molecule has 0 radical (unpaired) electrons. The minimum absolute atomic E-state index is 0.757. The maximum absolute atomic E-state index is 10.6. The van der Waals surface area contributed by atoms with Crippen molar-refractivity contribution in [3.63, 3.8) is 0 Å². The third-order valence-corrected chi connectivity index (χ3v) is 3.20. The summed E-state index contributed by atoms with van der Waals surface area (Å²) in [5.41, 5.74) is 1.65. The highest BCUT2D eigenvalue weighted by atomic mass is 16.3. The number of aromatic amines is 1. The van der Waals surface area contributed by atoms with Crippen LogP contribution in [0, 0.1) is 0 Å². The molecular weight excluding hydrogens is 214 g/mol. The third kappa shape index (κ3) is 1.56. The molecule has 0 fully saturated rings. The number of rotatable bonds is 2. The SMILES string of the molecule is CC(O)(c1ccoc1)c1ccc2[nH]ccc2c1. The average molecular weight is 227 g/mol. The van der Waals surface area contributed by atoms with Gasteiger partial charge >= 0.3 is 0 Å². The maximum Gasteiger partial charge on any atom is 0.115 e. The molecule has 2 aromatic heterocycles. The largest absolute Gasteiger partial charge is 0.472 e. The minimum Gasteiger partial charge on any atom is -0.472 e. The lowest BCUT2D eigenvalue weighted by Crippen LogP contribution is -2.21. The van der Waals surface area contributed by atoms with Crippen LogP contribution in [0.2, 0.25) is 0 Å². The van der Waals surface area contributed by atoms with E-state index in [-0.39, 0.29) is 0 Å². The first-order chi connectivity index (χ1) is 8.18. The van der Waals surface area contributed by atoms with Crippen molar-refractivity contribution in [2.75, 3.05) is 0 Å². The fourth-order valence-corrected chi connectivity index (χ4v) is 2.06. The van der Waals surface area contributed by atoms with Gasteiger partial charge in [-0.05, 0) is 42.1 Å². The van der Waals surface area contributed by atoms with Gasteiger partial charge in [0.25, 0.3) is 0 Å². The number of nitrogens with one attached hydrogen (secondary N) is 1. The average Bonchev–Trinajstić information content (AvgIpc) is 2.99. The summed E-state index contributed by atoms with van der Waals surface area (Å²) in [6, 6.07) is 9.65. The molecule has 17 heavy (non-hydrogen) atoms. The number of hydrogen-bond donors (Lipinski definition) is 2. The molecule has 0 bridgehead atoms. The van der Waals surface area contributed by atoms with Gasteiger partial charge in [0.15, 0.2) is 0 Å². The molecule has 1 aromatic carbocycles. The molecule has 1 unspecified atom stereocenters. The van der Waals surface area contributed by atoms with Gasteiger partial charge in [-0.1, -0.05) is 6.07 Å². The number of hydrogen-bond acceptors (Lipinski definition) is 2. The van der Waals surface area contributed by atoms with Gasteiger partial charge in [0.05, 0.1) is 12.5 Å². The summed E-state index contributed by atoms with van der Waals surface area (Å²) in [7, 11) is 0. The van der Waals surface area contributed by atoms with E-state index in [0.29, 0.717) is 0 Å². The van der Waals surface area contributed by atoms with Gasteiger partial charge in [0, 0.05) is 17.3 Å². The highest BCUT2D eigenvalue weighted by molar-refractivity contribution is 5.80. The Morgan fingerprint density at radius 3 is 2.82 bits per heavy atom. The zero-order chi connectivity index (χ0) is 11.9. The Hall–Kier alpha value is -2.00. The highest BCUT2D eigenvalue weighted by Crippen LogP contribution is 2.31. The number of aliphatic hydroxyl groups is 1. The molecular formula is C14H13NO2. The Morgan fingerprint density at radius 1 is 1.18 bits per heavy atom. The van der Waals surface area contributed by atoms with E-state index in [1.54, 1.807) is 25.5 Å². The molecule has 0 spiro atoms. The zero-order valence-corrected chi connectivity index (χ0v) is 9.47. The van der Waals surface area contributed by atoms with Gasteiger partial charge in [-0.25, -0.2) is 0 Å². The van der Waals surface area contributed by atoms with E-state index in [1.807, 2.05) is 30.5 Å². The summed E-state index contributed by atoms with van der Waals surface area (Å²) in [5, 5.41) is 11.7. The van der Waals surface area contributed by atoms with Crippen LogP contribution in [-0.4, -0.2) is 10.1 Å². The summed E-state index contributed by atoms with van der Waals surface area (Å²) in [4.78, 5) is 3.13. The van der Waals surface area contributed by atoms with Crippen LogP contribution < -0.4 is 0 Å². The monoisotopic (exact) mass is 227 g/mol. The number of fused-ring (bicyclic) bond motifs is 1. The lowest BCUT2D eigenvalue weighted by atomic mass is 9.89. The quantitative estimate of drug-likeness (QED) is 0.707. The van der Waals surface area contributed by atoms with E-state index in [0.717, 1.165) is 22.0 Å². The van der Waals surface area contributed by atoms with Crippen LogP contribution in [0.15, 0.2) is 53.5 Å². The molecule has 0 aliphatic carbocycles. The molecule has 3 nitrogen and oxygen atoms in total. The van der Waals surface area contributed by atoms with Crippen LogP contribution >= 0.6 is 0 Å².